The lowest BCUT2D eigenvalue weighted by Crippen LogP contribution is -2.57. The van der Waals surface area contributed by atoms with Gasteiger partial charge in [0, 0.05) is 38.4 Å². The molecule has 1 aromatic rings. The second-order valence-corrected chi connectivity index (χ2v) is 6.11. The average molecular weight is 303 g/mol. The molecule has 0 bridgehead atoms. The Labute approximate surface area is 132 Å². The van der Waals surface area contributed by atoms with Crippen LogP contribution >= 0.6 is 0 Å². The number of nitrogens with zero attached hydrogens (tertiary/aromatic N) is 2. The van der Waals surface area contributed by atoms with E-state index in [1.54, 1.807) is 0 Å². The van der Waals surface area contributed by atoms with Crippen molar-refractivity contribution in [3.63, 3.8) is 0 Å². The van der Waals surface area contributed by atoms with Crippen LogP contribution in [-0.2, 0) is 9.53 Å². The summed E-state index contributed by atoms with van der Waals surface area (Å²) in [4.78, 5) is 16.8. The third kappa shape index (κ3) is 3.10. The lowest BCUT2D eigenvalue weighted by atomic mass is 10.1. The molecule has 120 valence electrons. The van der Waals surface area contributed by atoms with E-state index in [0.29, 0.717) is 13.2 Å². The van der Waals surface area contributed by atoms with Gasteiger partial charge < -0.3 is 19.9 Å². The molecule has 1 amide bonds. The van der Waals surface area contributed by atoms with E-state index in [9.17, 15) is 4.79 Å². The molecule has 2 aliphatic heterocycles. The number of nitrogens with one attached hydrogen (secondary N) is 1. The summed E-state index contributed by atoms with van der Waals surface area (Å²) in [5.74, 6) is 0.181. The van der Waals surface area contributed by atoms with E-state index in [1.165, 1.54) is 16.8 Å². The lowest BCUT2D eigenvalue weighted by Gasteiger charge is -2.39. The second-order valence-electron chi connectivity index (χ2n) is 6.11. The Hall–Kier alpha value is -1.59. The number of rotatable bonds is 2. The number of benzene rings is 1. The monoisotopic (exact) mass is 303 g/mol. The van der Waals surface area contributed by atoms with E-state index in [0.717, 1.165) is 32.7 Å². The maximum absolute atomic E-state index is 12.5. The molecule has 1 unspecified atom stereocenters. The van der Waals surface area contributed by atoms with Crippen LogP contribution in [0.2, 0.25) is 0 Å². The number of amides is 1. The van der Waals surface area contributed by atoms with Gasteiger partial charge in [0.2, 0.25) is 5.91 Å². The molecule has 5 heteroatoms. The van der Waals surface area contributed by atoms with Crippen molar-refractivity contribution in [3.05, 3.63) is 29.3 Å². The molecular formula is C17H25N3O2. The Morgan fingerprint density at radius 2 is 2.00 bits per heavy atom. The normalized spacial score (nSPS) is 22.7. The molecule has 0 radical (unpaired) electrons. The summed E-state index contributed by atoms with van der Waals surface area (Å²) in [6.07, 6.45) is 0. The zero-order chi connectivity index (χ0) is 15.5. The van der Waals surface area contributed by atoms with Gasteiger partial charge in [-0.15, -0.1) is 0 Å². The van der Waals surface area contributed by atoms with Gasteiger partial charge in [0.1, 0.15) is 6.04 Å². The van der Waals surface area contributed by atoms with E-state index in [4.69, 9.17) is 4.74 Å². The quantitative estimate of drug-likeness (QED) is 0.883. The SMILES string of the molecule is Cc1cccc(N2CCN(C(=O)C3COCCN3)CC2)c1C. The van der Waals surface area contributed by atoms with Crippen LogP contribution in [0, 0.1) is 13.8 Å². The Bertz CT molecular complexity index is 533. The van der Waals surface area contributed by atoms with E-state index in [2.05, 4.69) is 42.3 Å². The van der Waals surface area contributed by atoms with Crippen molar-refractivity contribution >= 4 is 11.6 Å². The Morgan fingerprint density at radius 1 is 1.23 bits per heavy atom. The van der Waals surface area contributed by atoms with E-state index >= 15 is 0 Å². The van der Waals surface area contributed by atoms with Crippen molar-refractivity contribution < 1.29 is 9.53 Å². The molecule has 5 nitrogen and oxygen atoms in total. The van der Waals surface area contributed by atoms with Crippen LogP contribution in [0.15, 0.2) is 18.2 Å². The number of carbonyl (C=O) groups excluding carboxylic acids is 1. The van der Waals surface area contributed by atoms with Crippen molar-refractivity contribution in [2.45, 2.75) is 19.9 Å². The summed E-state index contributed by atoms with van der Waals surface area (Å²) in [6, 6.07) is 6.27. The molecule has 0 aliphatic carbocycles. The van der Waals surface area contributed by atoms with E-state index in [1.807, 2.05) is 4.90 Å². The molecule has 3 rings (SSSR count). The first-order valence-electron chi connectivity index (χ1n) is 8.08. The summed E-state index contributed by atoms with van der Waals surface area (Å²) >= 11 is 0. The fourth-order valence-corrected chi connectivity index (χ4v) is 3.19. The fraction of sp³-hybridized carbons (Fsp3) is 0.588. The number of carbonyl (C=O) groups is 1. The largest absolute Gasteiger partial charge is 0.378 e. The molecule has 2 heterocycles. The van der Waals surface area contributed by atoms with Gasteiger partial charge in [0.15, 0.2) is 0 Å². The van der Waals surface area contributed by atoms with Crippen LogP contribution in [0.3, 0.4) is 0 Å². The van der Waals surface area contributed by atoms with Crippen molar-refractivity contribution in [1.29, 1.82) is 0 Å². The highest BCUT2D eigenvalue weighted by Crippen LogP contribution is 2.24. The molecule has 0 aromatic heterocycles. The van der Waals surface area contributed by atoms with Gasteiger partial charge in [-0.1, -0.05) is 12.1 Å². The van der Waals surface area contributed by atoms with Gasteiger partial charge in [-0.05, 0) is 31.0 Å². The van der Waals surface area contributed by atoms with E-state index in [-0.39, 0.29) is 11.9 Å². The second kappa shape index (κ2) is 6.67. The molecule has 22 heavy (non-hydrogen) atoms. The van der Waals surface area contributed by atoms with Gasteiger partial charge in [-0.2, -0.15) is 0 Å². The minimum atomic E-state index is -0.166. The number of aryl methyl sites for hydroxylation is 1. The number of piperazine rings is 1. The molecule has 2 fully saturated rings. The van der Waals surface area contributed by atoms with Crippen LogP contribution in [0.1, 0.15) is 11.1 Å². The molecule has 1 N–H and O–H groups in total. The van der Waals surface area contributed by atoms with Crippen LogP contribution in [0.4, 0.5) is 5.69 Å². The summed E-state index contributed by atoms with van der Waals surface area (Å²) in [5, 5.41) is 3.25. The highest BCUT2D eigenvalue weighted by Gasteiger charge is 2.29. The van der Waals surface area contributed by atoms with Crippen molar-refractivity contribution in [2.24, 2.45) is 0 Å². The average Bonchev–Trinajstić information content (AvgIpc) is 2.58. The van der Waals surface area contributed by atoms with Gasteiger partial charge >= 0.3 is 0 Å². The Balaban J connectivity index is 1.60. The third-order valence-corrected chi connectivity index (χ3v) is 4.73. The topological polar surface area (TPSA) is 44.8 Å². The maximum atomic E-state index is 12.5. The first-order chi connectivity index (χ1) is 10.7. The number of morpholine rings is 1. The Morgan fingerprint density at radius 3 is 2.68 bits per heavy atom. The van der Waals surface area contributed by atoms with Crippen LogP contribution < -0.4 is 10.2 Å². The summed E-state index contributed by atoms with van der Waals surface area (Å²) in [7, 11) is 0. The highest BCUT2D eigenvalue weighted by molar-refractivity contribution is 5.82. The molecule has 0 saturated carbocycles. The Kier molecular flexibility index (Phi) is 4.64. The standard InChI is InChI=1S/C17H25N3O2/c1-13-4-3-5-16(14(13)2)19-7-9-20(10-8-19)17(21)15-12-22-11-6-18-15/h3-5,15,18H,6-12H2,1-2H3. The van der Waals surface area contributed by atoms with Crippen molar-refractivity contribution in [1.82, 2.24) is 10.2 Å². The van der Waals surface area contributed by atoms with Crippen molar-refractivity contribution in [2.75, 3.05) is 50.8 Å². The zero-order valence-electron chi connectivity index (χ0n) is 13.5. The number of ether oxygens (including phenoxy) is 1. The minimum absolute atomic E-state index is 0.166. The van der Waals surface area contributed by atoms with Crippen molar-refractivity contribution in [3.8, 4) is 0 Å². The predicted molar refractivity (Wildman–Crippen MR) is 87.3 cm³/mol. The first kappa shape index (κ1) is 15.3. The van der Waals surface area contributed by atoms with E-state index < -0.39 is 0 Å². The highest BCUT2D eigenvalue weighted by atomic mass is 16.5. The predicted octanol–water partition coefficient (Wildman–Crippen LogP) is 0.940. The number of hydrogen-bond acceptors (Lipinski definition) is 4. The van der Waals surface area contributed by atoms with Gasteiger partial charge in [-0.3, -0.25) is 4.79 Å². The molecule has 2 saturated heterocycles. The molecule has 1 aromatic carbocycles. The molecule has 1 atom stereocenters. The first-order valence-corrected chi connectivity index (χ1v) is 8.08. The van der Waals surface area contributed by atoms with Crippen LogP contribution in [0.25, 0.3) is 0 Å². The minimum Gasteiger partial charge on any atom is -0.378 e. The summed E-state index contributed by atoms with van der Waals surface area (Å²) in [6.45, 7) is 9.62. The third-order valence-electron chi connectivity index (χ3n) is 4.73. The summed E-state index contributed by atoms with van der Waals surface area (Å²) in [5.41, 5.74) is 3.95. The number of anilines is 1. The number of hydrogen-bond donors (Lipinski definition) is 1. The maximum Gasteiger partial charge on any atom is 0.242 e. The zero-order valence-corrected chi connectivity index (χ0v) is 13.5. The summed E-state index contributed by atoms with van der Waals surface area (Å²) < 4.78 is 5.39. The van der Waals surface area contributed by atoms with Crippen LogP contribution in [0.5, 0.6) is 0 Å². The van der Waals surface area contributed by atoms with Gasteiger partial charge in [0.05, 0.1) is 13.2 Å². The lowest BCUT2D eigenvalue weighted by molar-refractivity contribution is -0.136. The molecular weight excluding hydrogens is 278 g/mol. The van der Waals surface area contributed by atoms with Gasteiger partial charge in [0.25, 0.3) is 0 Å². The molecule has 0 spiro atoms. The fourth-order valence-electron chi connectivity index (χ4n) is 3.19. The smallest absolute Gasteiger partial charge is 0.242 e. The van der Waals surface area contributed by atoms with Crippen LogP contribution in [-0.4, -0.2) is 62.8 Å². The molecule has 2 aliphatic rings. The van der Waals surface area contributed by atoms with Gasteiger partial charge in [-0.25, -0.2) is 0 Å².